The number of benzene rings is 1. The van der Waals surface area contributed by atoms with Crippen LogP contribution in [0.3, 0.4) is 0 Å². The Labute approximate surface area is 164 Å². The van der Waals surface area contributed by atoms with Gasteiger partial charge >= 0.3 is 0 Å². The fraction of sp³-hybridized carbons (Fsp3) is 0.550. The van der Waals surface area contributed by atoms with Crippen LogP contribution in [0.2, 0.25) is 0 Å². The van der Waals surface area contributed by atoms with Gasteiger partial charge in [0, 0.05) is 52.8 Å². The summed E-state index contributed by atoms with van der Waals surface area (Å²) in [4.78, 5) is 42.4. The van der Waals surface area contributed by atoms with Crippen LogP contribution in [-0.2, 0) is 25.5 Å². The summed E-state index contributed by atoms with van der Waals surface area (Å²) in [5.41, 5.74) is 0.769. The molecule has 0 bridgehead atoms. The molecule has 1 unspecified atom stereocenters. The van der Waals surface area contributed by atoms with Crippen molar-refractivity contribution in [1.82, 2.24) is 14.7 Å². The maximum atomic E-state index is 13.0. The summed E-state index contributed by atoms with van der Waals surface area (Å²) >= 11 is 0. The minimum absolute atomic E-state index is 0.0106. The molecule has 1 aromatic carbocycles. The number of likely N-dealkylation sites (tertiary alicyclic amines) is 1. The molecule has 2 saturated heterocycles. The molecule has 3 rings (SSSR count). The summed E-state index contributed by atoms with van der Waals surface area (Å²) in [5.74, 6) is -0.691. The second-order valence-electron chi connectivity index (χ2n) is 7.24. The lowest BCUT2D eigenvalue weighted by atomic mass is 10.1. The average Bonchev–Trinajstić information content (AvgIpc) is 3.08. The molecule has 0 aliphatic carbocycles. The topological polar surface area (TPSA) is 70.2 Å². The number of amides is 3. The zero-order valence-electron chi connectivity index (χ0n) is 16.1. The van der Waals surface area contributed by atoms with Gasteiger partial charge in [-0.1, -0.05) is 12.1 Å². The number of rotatable bonds is 6. The van der Waals surface area contributed by atoms with Gasteiger partial charge in [0.05, 0.1) is 18.9 Å². The molecule has 2 fully saturated rings. The van der Waals surface area contributed by atoms with Gasteiger partial charge < -0.3 is 19.4 Å². The van der Waals surface area contributed by atoms with Crippen LogP contribution < -0.4 is 0 Å². The zero-order valence-corrected chi connectivity index (χ0v) is 16.1. The van der Waals surface area contributed by atoms with E-state index in [0.29, 0.717) is 45.9 Å². The van der Waals surface area contributed by atoms with Crippen LogP contribution >= 0.6 is 0 Å². The summed E-state index contributed by atoms with van der Waals surface area (Å²) in [5, 5.41) is 0. The van der Waals surface area contributed by atoms with E-state index in [-0.39, 0.29) is 42.3 Å². The Bertz CT molecular complexity index is 717. The Kier molecular flexibility index (Phi) is 6.61. The van der Waals surface area contributed by atoms with Crippen molar-refractivity contribution in [3.05, 3.63) is 35.6 Å². The molecule has 0 radical (unpaired) electrons. The van der Waals surface area contributed by atoms with Crippen molar-refractivity contribution >= 4 is 17.7 Å². The fourth-order valence-electron chi connectivity index (χ4n) is 3.68. The average molecular weight is 391 g/mol. The fourth-order valence-corrected chi connectivity index (χ4v) is 3.68. The molecule has 3 amide bonds. The van der Waals surface area contributed by atoms with E-state index in [1.165, 1.54) is 12.1 Å². The van der Waals surface area contributed by atoms with Crippen LogP contribution in [0.5, 0.6) is 0 Å². The van der Waals surface area contributed by atoms with Crippen LogP contribution in [0.1, 0.15) is 12.0 Å². The second kappa shape index (κ2) is 9.14. The largest absolute Gasteiger partial charge is 0.383 e. The first-order valence-corrected chi connectivity index (χ1v) is 9.55. The Hall–Kier alpha value is -2.48. The lowest BCUT2D eigenvalue weighted by Gasteiger charge is -2.36. The number of piperazine rings is 1. The van der Waals surface area contributed by atoms with E-state index in [4.69, 9.17) is 4.74 Å². The SMILES string of the molecule is COCCN1CC(C(=O)N2CCN(C(=O)Cc3ccc(F)cc3)CC2)CC1=O. The number of carbonyl (C=O) groups excluding carboxylic acids is 3. The van der Waals surface area contributed by atoms with Crippen molar-refractivity contribution in [2.75, 3.05) is 53.0 Å². The van der Waals surface area contributed by atoms with Crippen molar-refractivity contribution in [3.63, 3.8) is 0 Å². The molecule has 8 heteroatoms. The molecule has 2 aliphatic heterocycles. The summed E-state index contributed by atoms with van der Waals surface area (Å²) in [6.07, 6.45) is 0.464. The Morgan fingerprint density at radius 2 is 1.75 bits per heavy atom. The van der Waals surface area contributed by atoms with Gasteiger partial charge in [-0.05, 0) is 17.7 Å². The van der Waals surface area contributed by atoms with E-state index in [0.717, 1.165) is 5.56 Å². The molecule has 7 nitrogen and oxygen atoms in total. The van der Waals surface area contributed by atoms with Crippen LogP contribution in [0, 0.1) is 11.7 Å². The maximum absolute atomic E-state index is 13.0. The molecule has 2 heterocycles. The maximum Gasteiger partial charge on any atom is 0.228 e. The predicted molar refractivity (Wildman–Crippen MR) is 99.8 cm³/mol. The van der Waals surface area contributed by atoms with E-state index < -0.39 is 0 Å². The van der Waals surface area contributed by atoms with Crippen molar-refractivity contribution in [2.45, 2.75) is 12.8 Å². The Morgan fingerprint density at radius 1 is 1.11 bits per heavy atom. The molecular weight excluding hydrogens is 365 g/mol. The summed E-state index contributed by atoms with van der Waals surface area (Å²) < 4.78 is 18.0. The summed E-state index contributed by atoms with van der Waals surface area (Å²) in [6.45, 7) is 3.28. The van der Waals surface area contributed by atoms with Gasteiger partial charge in [0.25, 0.3) is 0 Å². The van der Waals surface area contributed by atoms with Gasteiger partial charge in [0.1, 0.15) is 5.82 Å². The normalized spacial score (nSPS) is 20.0. The van der Waals surface area contributed by atoms with E-state index in [2.05, 4.69) is 0 Å². The van der Waals surface area contributed by atoms with Gasteiger partial charge in [-0.25, -0.2) is 4.39 Å². The second-order valence-corrected chi connectivity index (χ2v) is 7.24. The first kappa shape index (κ1) is 20.3. The third-order valence-corrected chi connectivity index (χ3v) is 5.34. The lowest BCUT2D eigenvalue weighted by molar-refractivity contribution is -0.141. The number of ether oxygens (including phenoxy) is 1. The van der Waals surface area contributed by atoms with E-state index >= 15 is 0 Å². The highest BCUT2D eigenvalue weighted by Gasteiger charge is 2.37. The van der Waals surface area contributed by atoms with Crippen molar-refractivity contribution in [1.29, 1.82) is 0 Å². The minimum Gasteiger partial charge on any atom is -0.383 e. The quantitative estimate of drug-likeness (QED) is 0.710. The van der Waals surface area contributed by atoms with Gasteiger partial charge in [0.15, 0.2) is 0 Å². The van der Waals surface area contributed by atoms with Gasteiger partial charge in [-0.15, -0.1) is 0 Å². The first-order chi connectivity index (χ1) is 13.5. The number of methoxy groups -OCH3 is 1. The number of nitrogens with zero attached hydrogens (tertiary/aromatic N) is 3. The van der Waals surface area contributed by atoms with Crippen LogP contribution in [-0.4, -0.2) is 85.4 Å². The van der Waals surface area contributed by atoms with Gasteiger partial charge in [0.2, 0.25) is 17.7 Å². The van der Waals surface area contributed by atoms with Crippen LogP contribution in [0.15, 0.2) is 24.3 Å². The Morgan fingerprint density at radius 3 is 2.39 bits per heavy atom. The van der Waals surface area contributed by atoms with Crippen LogP contribution in [0.4, 0.5) is 4.39 Å². The highest BCUT2D eigenvalue weighted by molar-refractivity contribution is 5.89. The van der Waals surface area contributed by atoms with Crippen molar-refractivity contribution in [3.8, 4) is 0 Å². The number of hydrogen-bond acceptors (Lipinski definition) is 4. The monoisotopic (exact) mass is 391 g/mol. The van der Waals surface area contributed by atoms with Crippen molar-refractivity contribution < 1.29 is 23.5 Å². The smallest absolute Gasteiger partial charge is 0.228 e. The number of carbonyl (C=O) groups is 3. The molecule has 0 spiro atoms. The molecular formula is C20H26FN3O4. The molecule has 2 aliphatic rings. The van der Waals surface area contributed by atoms with Gasteiger partial charge in [-0.2, -0.15) is 0 Å². The third-order valence-electron chi connectivity index (χ3n) is 5.34. The minimum atomic E-state index is -0.325. The highest BCUT2D eigenvalue weighted by atomic mass is 19.1. The lowest BCUT2D eigenvalue weighted by Crippen LogP contribution is -2.52. The molecule has 28 heavy (non-hydrogen) atoms. The summed E-state index contributed by atoms with van der Waals surface area (Å²) in [7, 11) is 1.58. The number of hydrogen-bond donors (Lipinski definition) is 0. The number of halogens is 1. The van der Waals surface area contributed by atoms with E-state index in [1.54, 1.807) is 33.9 Å². The van der Waals surface area contributed by atoms with Gasteiger partial charge in [-0.3, -0.25) is 14.4 Å². The van der Waals surface area contributed by atoms with Crippen molar-refractivity contribution in [2.24, 2.45) is 5.92 Å². The first-order valence-electron chi connectivity index (χ1n) is 9.55. The predicted octanol–water partition coefficient (Wildman–Crippen LogP) is 0.534. The summed E-state index contributed by atoms with van der Waals surface area (Å²) in [6, 6.07) is 5.91. The molecule has 1 aromatic rings. The zero-order chi connectivity index (χ0) is 20.1. The highest BCUT2D eigenvalue weighted by Crippen LogP contribution is 2.21. The van der Waals surface area contributed by atoms with E-state index in [9.17, 15) is 18.8 Å². The molecule has 0 saturated carbocycles. The third kappa shape index (κ3) is 4.86. The molecule has 0 aromatic heterocycles. The Balaban J connectivity index is 1.47. The van der Waals surface area contributed by atoms with E-state index in [1.807, 2.05) is 0 Å². The molecule has 0 N–H and O–H groups in total. The standard InChI is InChI=1S/C20H26FN3O4/c1-28-11-10-24-14-16(13-19(24)26)20(27)23-8-6-22(7-9-23)18(25)12-15-2-4-17(21)5-3-15/h2-5,16H,6-14H2,1H3. The van der Waals surface area contributed by atoms with Crippen LogP contribution in [0.25, 0.3) is 0 Å². The molecule has 152 valence electrons. The molecule has 1 atom stereocenters.